The van der Waals surface area contributed by atoms with E-state index in [2.05, 4.69) is 4.98 Å². The van der Waals surface area contributed by atoms with Crippen LogP contribution in [0.15, 0.2) is 47.6 Å². The first-order chi connectivity index (χ1) is 13.2. The fraction of sp³-hybridized carbons (Fsp3) is 0.333. The summed E-state index contributed by atoms with van der Waals surface area (Å²) < 4.78 is 46.4. The number of carbonyl (C=O) groups excluding carboxylic acids is 1. The fourth-order valence-electron chi connectivity index (χ4n) is 2.78. The number of nitrogens with one attached hydrogen (secondary N) is 1. The number of rotatable bonds is 8. The maximum atomic E-state index is 14.1. The highest BCUT2D eigenvalue weighted by atomic mass is 32.2. The number of pyridine rings is 1. The second kappa shape index (κ2) is 9.09. The van der Waals surface area contributed by atoms with E-state index in [4.69, 9.17) is 9.94 Å². The van der Waals surface area contributed by atoms with Crippen LogP contribution in [0, 0.1) is 11.7 Å². The van der Waals surface area contributed by atoms with Crippen molar-refractivity contribution in [1.82, 2.24) is 14.8 Å². The normalized spacial score (nSPS) is 12.8. The molecule has 0 saturated carbocycles. The average Bonchev–Trinajstić information content (AvgIpc) is 2.67. The summed E-state index contributed by atoms with van der Waals surface area (Å²) in [4.78, 5) is 15.9. The molecule has 8 nitrogen and oxygen atoms in total. The summed E-state index contributed by atoms with van der Waals surface area (Å²) in [5.41, 5.74) is 2.04. The number of benzene rings is 1. The van der Waals surface area contributed by atoms with E-state index in [1.54, 1.807) is 26.0 Å². The lowest BCUT2D eigenvalue weighted by atomic mass is 10.0. The van der Waals surface area contributed by atoms with Gasteiger partial charge in [-0.05, 0) is 35.7 Å². The Bertz CT molecular complexity index is 922. The van der Waals surface area contributed by atoms with Crippen LogP contribution in [0.1, 0.15) is 19.4 Å². The van der Waals surface area contributed by atoms with E-state index in [9.17, 15) is 17.6 Å². The molecule has 0 unspecified atom stereocenters. The van der Waals surface area contributed by atoms with Gasteiger partial charge in [0.1, 0.15) is 6.04 Å². The molecule has 1 heterocycles. The van der Waals surface area contributed by atoms with Crippen LogP contribution in [0.5, 0.6) is 5.75 Å². The van der Waals surface area contributed by atoms with E-state index in [0.29, 0.717) is 5.56 Å². The number of methoxy groups -OCH3 is 1. The molecule has 152 valence electrons. The van der Waals surface area contributed by atoms with Gasteiger partial charge in [0.25, 0.3) is 5.91 Å². The maximum Gasteiger partial charge on any atom is 0.262 e. The predicted octanol–water partition coefficient (Wildman–Crippen LogP) is 1.95. The zero-order chi connectivity index (χ0) is 20.9. The molecule has 0 spiro atoms. The first-order valence-corrected chi connectivity index (χ1v) is 9.84. The van der Waals surface area contributed by atoms with E-state index in [0.717, 1.165) is 10.4 Å². The summed E-state index contributed by atoms with van der Waals surface area (Å²) >= 11 is 0. The Morgan fingerprint density at radius 3 is 2.57 bits per heavy atom. The summed E-state index contributed by atoms with van der Waals surface area (Å²) in [6.07, 6.45) is 2.99. The molecule has 0 aliphatic heterocycles. The van der Waals surface area contributed by atoms with Crippen LogP contribution in [-0.4, -0.2) is 42.0 Å². The standard InChI is InChI=1S/C18H22FN3O5S/c1-12(2)17(18(23)21-24)22(11-13-5-4-8-20-10-13)28(25,26)14-6-7-16(27-3)15(19)9-14/h4-10,12,17,24H,11H2,1-3H3,(H,21,23)/t17-/m1/s1. The second-order valence-electron chi connectivity index (χ2n) is 6.37. The topological polar surface area (TPSA) is 109 Å². The van der Waals surface area contributed by atoms with Crippen molar-refractivity contribution in [2.45, 2.75) is 31.3 Å². The molecule has 10 heteroatoms. The Hall–Kier alpha value is -2.56. The molecular formula is C18H22FN3O5S. The minimum absolute atomic E-state index is 0.105. The minimum atomic E-state index is -4.31. The largest absolute Gasteiger partial charge is 0.494 e. The Morgan fingerprint density at radius 1 is 1.36 bits per heavy atom. The van der Waals surface area contributed by atoms with Gasteiger partial charge in [0.2, 0.25) is 10.0 Å². The maximum absolute atomic E-state index is 14.1. The van der Waals surface area contributed by atoms with Gasteiger partial charge in [-0.2, -0.15) is 4.31 Å². The van der Waals surface area contributed by atoms with Crippen LogP contribution in [0.2, 0.25) is 0 Å². The SMILES string of the molecule is COc1ccc(S(=O)(=O)N(Cc2cccnc2)[C@@H](C(=O)NO)C(C)C)cc1F. The summed E-state index contributed by atoms with van der Waals surface area (Å²) in [5, 5.41) is 9.11. The Morgan fingerprint density at radius 2 is 2.07 bits per heavy atom. The van der Waals surface area contributed by atoms with E-state index < -0.39 is 33.7 Å². The Balaban J connectivity index is 2.58. The molecule has 0 fully saturated rings. The van der Waals surface area contributed by atoms with Crippen molar-refractivity contribution in [3.63, 3.8) is 0 Å². The van der Waals surface area contributed by atoms with Crippen LogP contribution in [0.25, 0.3) is 0 Å². The van der Waals surface area contributed by atoms with Crippen LogP contribution >= 0.6 is 0 Å². The number of sulfonamides is 1. The summed E-state index contributed by atoms with van der Waals surface area (Å²) in [7, 11) is -3.04. The lowest BCUT2D eigenvalue weighted by molar-refractivity contribution is -0.134. The summed E-state index contributed by atoms with van der Waals surface area (Å²) in [6, 6.07) is 5.27. The van der Waals surface area contributed by atoms with Gasteiger partial charge in [0, 0.05) is 18.9 Å². The molecule has 2 rings (SSSR count). The lowest BCUT2D eigenvalue weighted by Crippen LogP contribution is -2.51. The number of nitrogens with zero attached hydrogens (tertiary/aromatic N) is 2. The van der Waals surface area contributed by atoms with Crippen LogP contribution in [0.4, 0.5) is 4.39 Å². The van der Waals surface area contributed by atoms with Gasteiger partial charge in [0.15, 0.2) is 11.6 Å². The number of hydrogen-bond donors (Lipinski definition) is 2. The van der Waals surface area contributed by atoms with E-state index >= 15 is 0 Å². The zero-order valence-electron chi connectivity index (χ0n) is 15.7. The van der Waals surface area contributed by atoms with Gasteiger partial charge in [-0.25, -0.2) is 18.3 Å². The smallest absolute Gasteiger partial charge is 0.262 e. The third-order valence-corrected chi connectivity index (χ3v) is 5.93. The monoisotopic (exact) mass is 411 g/mol. The van der Waals surface area contributed by atoms with Gasteiger partial charge in [-0.15, -0.1) is 0 Å². The first-order valence-electron chi connectivity index (χ1n) is 8.40. The van der Waals surface area contributed by atoms with Gasteiger partial charge < -0.3 is 4.74 Å². The number of aromatic nitrogens is 1. The van der Waals surface area contributed by atoms with Gasteiger partial charge in [0.05, 0.1) is 12.0 Å². The highest BCUT2D eigenvalue weighted by Gasteiger charge is 2.38. The number of ether oxygens (including phenoxy) is 1. The molecule has 1 atom stereocenters. The lowest BCUT2D eigenvalue weighted by Gasteiger charge is -2.32. The van der Waals surface area contributed by atoms with Crippen LogP contribution in [-0.2, 0) is 21.4 Å². The Labute approximate surface area is 163 Å². The number of hydrogen-bond acceptors (Lipinski definition) is 6. The highest BCUT2D eigenvalue weighted by molar-refractivity contribution is 7.89. The number of halogens is 1. The number of amides is 1. The van der Waals surface area contributed by atoms with Crippen molar-refractivity contribution in [2.24, 2.45) is 5.92 Å². The molecule has 0 radical (unpaired) electrons. The van der Waals surface area contributed by atoms with Crippen molar-refractivity contribution in [1.29, 1.82) is 0 Å². The average molecular weight is 411 g/mol. The van der Waals surface area contributed by atoms with Crippen molar-refractivity contribution < 1.29 is 27.5 Å². The van der Waals surface area contributed by atoms with E-state index in [1.807, 2.05) is 0 Å². The molecule has 1 amide bonds. The molecule has 2 N–H and O–H groups in total. The molecule has 1 aromatic carbocycles. The molecule has 28 heavy (non-hydrogen) atoms. The third-order valence-electron chi connectivity index (χ3n) is 4.11. The molecule has 1 aromatic heterocycles. The summed E-state index contributed by atoms with van der Waals surface area (Å²) in [5.74, 6) is -2.33. The molecule has 0 aliphatic rings. The fourth-order valence-corrected chi connectivity index (χ4v) is 4.50. The second-order valence-corrected chi connectivity index (χ2v) is 8.26. The molecular weight excluding hydrogens is 389 g/mol. The molecule has 0 saturated heterocycles. The van der Waals surface area contributed by atoms with E-state index in [1.165, 1.54) is 37.1 Å². The molecule has 0 aliphatic carbocycles. The number of carbonyl (C=O) groups is 1. The highest BCUT2D eigenvalue weighted by Crippen LogP contribution is 2.27. The van der Waals surface area contributed by atoms with Crippen LogP contribution in [0.3, 0.4) is 0 Å². The Kier molecular flexibility index (Phi) is 7.05. The van der Waals surface area contributed by atoms with Gasteiger partial charge in [-0.3, -0.25) is 15.0 Å². The van der Waals surface area contributed by atoms with Crippen LogP contribution < -0.4 is 10.2 Å². The quantitative estimate of drug-likeness (QED) is 0.508. The third kappa shape index (κ3) is 4.64. The zero-order valence-corrected chi connectivity index (χ0v) is 16.5. The predicted molar refractivity (Wildman–Crippen MR) is 98.5 cm³/mol. The van der Waals surface area contributed by atoms with Crippen molar-refractivity contribution >= 4 is 15.9 Å². The van der Waals surface area contributed by atoms with Crippen molar-refractivity contribution in [2.75, 3.05) is 7.11 Å². The first kappa shape index (κ1) is 21.7. The molecule has 0 bridgehead atoms. The van der Waals surface area contributed by atoms with Gasteiger partial charge in [-0.1, -0.05) is 19.9 Å². The molecule has 2 aromatic rings. The van der Waals surface area contributed by atoms with Gasteiger partial charge >= 0.3 is 0 Å². The van der Waals surface area contributed by atoms with Crippen molar-refractivity contribution in [3.8, 4) is 5.75 Å². The minimum Gasteiger partial charge on any atom is -0.494 e. The van der Waals surface area contributed by atoms with Crippen molar-refractivity contribution in [3.05, 3.63) is 54.1 Å². The number of hydroxylamine groups is 1. The summed E-state index contributed by atoms with van der Waals surface area (Å²) in [6.45, 7) is 3.08. The van der Waals surface area contributed by atoms with E-state index in [-0.39, 0.29) is 17.2 Å².